The Balaban J connectivity index is 1.93. The van der Waals surface area contributed by atoms with Crippen molar-refractivity contribution in [1.29, 1.82) is 5.26 Å². The van der Waals surface area contributed by atoms with E-state index >= 15 is 0 Å². The number of hydrogen-bond donors (Lipinski definition) is 1. The van der Waals surface area contributed by atoms with Crippen LogP contribution in [0.1, 0.15) is 68.7 Å². The summed E-state index contributed by atoms with van der Waals surface area (Å²) in [6.45, 7) is 2.05. The van der Waals surface area contributed by atoms with Gasteiger partial charge in [0.15, 0.2) is 0 Å². The number of benzene rings is 1. The summed E-state index contributed by atoms with van der Waals surface area (Å²) in [6.07, 6.45) is 7.36. The van der Waals surface area contributed by atoms with Gasteiger partial charge in [0.1, 0.15) is 5.82 Å². The first-order valence-electron chi connectivity index (χ1n) is 7.71. The zero-order valence-electron chi connectivity index (χ0n) is 12.0. The van der Waals surface area contributed by atoms with Crippen LogP contribution >= 0.6 is 0 Å². The van der Waals surface area contributed by atoms with Gasteiger partial charge in [0, 0.05) is 5.92 Å². The number of nitriles is 1. The Hall–Kier alpha value is -1.82. The molecule has 1 unspecified atom stereocenters. The Labute approximate surface area is 120 Å². The lowest BCUT2D eigenvalue weighted by Gasteiger charge is -2.18. The first-order chi connectivity index (χ1) is 9.81. The van der Waals surface area contributed by atoms with Crippen LogP contribution in [0.5, 0.6) is 0 Å². The smallest absolute Gasteiger partial charge is 0.110 e. The summed E-state index contributed by atoms with van der Waals surface area (Å²) in [6, 6.07) is 8.57. The quantitative estimate of drug-likeness (QED) is 0.881. The van der Waals surface area contributed by atoms with E-state index in [2.05, 4.69) is 24.0 Å². The highest BCUT2D eigenvalue weighted by Gasteiger charge is 2.19. The molecular weight excluding hydrogens is 246 g/mol. The molecule has 1 aromatic heterocycles. The van der Waals surface area contributed by atoms with E-state index in [1.165, 1.54) is 32.1 Å². The maximum absolute atomic E-state index is 9.18. The van der Waals surface area contributed by atoms with E-state index in [-0.39, 0.29) is 5.92 Å². The number of imidazole rings is 1. The maximum atomic E-state index is 9.18. The van der Waals surface area contributed by atoms with E-state index in [1.54, 1.807) is 0 Å². The molecule has 3 heteroatoms. The van der Waals surface area contributed by atoms with E-state index in [0.29, 0.717) is 5.92 Å². The Morgan fingerprint density at radius 1 is 1.35 bits per heavy atom. The summed E-state index contributed by atoms with van der Waals surface area (Å²) >= 11 is 0. The molecule has 1 fully saturated rings. The second kappa shape index (κ2) is 5.66. The van der Waals surface area contributed by atoms with Gasteiger partial charge in [0.25, 0.3) is 0 Å². The summed E-state index contributed by atoms with van der Waals surface area (Å²) in [5.74, 6) is 1.72. The van der Waals surface area contributed by atoms with Crippen molar-refractivity contribution < 1.29 is 0 Å². The number of hydrogen-bond acceptors (Lipinski definition) is 2. The normalized spacial score (nSPS) is 18.0. The molecule has 1 aromatic carbocycles. The summed E-state index contributed by atoms with van der Waals surface area (Å²) in [4.78, 5) is 8.24. The van der Waals surface area contributed by atoms with Crippen LogP contribution in [0.4, 0.5) is 0 Å². The molecule has 104 valence electrons. The van der Waals surface area contributed by atoms with Crippen molar-refractivity contribution in [3.8, 4) is 6.07 Å². The molecule has 0 radical (unpaired) electrons. The minimum Gasteiger partial charge on any atom is -0.342 e. The van der Waals surface area contributed by atoms with Crippen molar-refractivity contribution in [2.45, 2.75) is 57.3 Å². The molecule has 0 spiro atoms. The predicted molar refractivity (Wildman–Crippen MR) is 80.6 cm³/mol. The first-order valence-corrected chi connectivity index (χ1v) is 7.71. The fourth-order valence-electron chi connectivity index (χ4n) is 3.23. The third-order valence-corrected chi connectivity index (χ3v) is 4.48. The van der Waals surface area contributed by atoms with Gasteiger partial charge in [-0.1, -0.05) is 32.3 Å². The zero-order valence-corrected chi connectivity index (χ0v) is 12.0. The van der Waals surface area contributed by atoms with Crippen molar-refractivity contribution in [3.63, 3.8) is 0 Å². The largest absolute Gasteiger partial charge is 0.342 e. The van der Waals surface area contributed by atoms with Gasteiger partial charge in [0.2, 0.25) is 0 Å². The van der Waals surface area contributed by atoms with Crippen molar-refractivity contribution in [2.24, 2.45) is 0 Å². The topological polar surface area (TPSA) is 52.5 Å². The van der Waals surface area contributed by atoms with E-state index in [9.17, 15) is 5.26 Å². The molecule has 1 atom stereocenters. The van der Waals surface area contributed by atoms with E-state index in [0.717, 1.165) is 28.8 Å². The number of H-pyrrole nitrogens is 1. The van der Waals surface area contributed by atoms with Gasteiger partial charge in [-0.05, 0) is 37.0 Å². The predicted octanol–water partition coefficient (Wildman–Crippen LogP) is 4.63. The molecule has 3 nitrogen and oxygen atoms in total. The van der Waals surface area contributed by atoms with E-state index in [1.807, 2.05) is 12.1 Å². The first kappa shape index (κ1) is 13.2. The van der Waals surface area contributed by atoms with Crippen molar-refractivity contribution in [3.05, 3.63) is 29.6 Å². The Kier molecular flexibility index (Phi) is 3.73. The summed E-state index contributed by atoms with van der Waals surface area (Å²) < 4.78 is 0. The highest BCUT2D eigenvalue weighted by Crippen LogP contribution is 2.32. The molecule has 2 aromatic rings. The minimum atomic E-state index is -0.0131. The maximum Gasteiger partial charge on any atom is 0.110 e. The monoisotopic (exact) mass is 267 g/mol. The van der Waals surface area contributed by atoms with Crippen LogP contribution in [0.2, 0.25) is 0 Å². The second-order valence-corrected chi connectivity index (χ2v) is 5.82. The van der Waals surface area contributed by atoms with Crippen LogP contribution < -0.4 is 0 Å². The standard InChI is InChI=1S/C17H21N3/c1-2-12(11-18)14-8-9-15-16(10-14)20-17(19-15)13-6-4-3-5-7-13/h8-10,12-13H,2-7H2,1H3,(H,19,20). The van der Waals surface area contributed by atoms with Crippen molar-refractivity contribution in [2.75, 3.05) is 0 Å². The molecule has 0 amide bonds. The van der Waals surface area contributed by atoms with Crippen LogP contribution in [0.3, 0.4) is 0 Å². The number of nitrogens with zero attached hydrogens (tertiary/aromatic N) is 2. The van der Waals surface area contributed by atoms with Gasteiger partial charge in [0.05, 0.1) is 23.0 Å². The molecule has 0 aliphatic heterocycles. The highest BCUT2D eigenvalue weighted by molar-refractivity contribution is 5.76. The van der Waals surface area contributed by atoms with Gasteiger partial charge in [-0.15, -0.1) is 0 Å². The molecule has 0 saturated heterocycles. The minimum absolute atomic E-state index is 0.0131. The lowest BCUT2D eigenvalue weighted by Crippen LogP contribution is -2.05. The fourth-order valence-corrected chi connectivity index (χ4v) is 3.23. The fraction of sp³-hybridized carbons (Fsp3) is 0.529. The Bertz CT molecular complexity index is 629. The summed E-state index contributed by atoms with van der Waals surface area (Å²) in [5.41, 5.74) is 3.21. The van der Waals surface area contributed by atoms with Gasteiger partial charge >= 0.3 is 0 Å². The molecule has 1 aliphatic carbocycles. The van der Waals surface area contributed by atoms with E-state index < -0.39 is 0 Å². The lowest BCUT2D eigenvalue weighted by molar-refractivity contribution is 0.431. The van der Waals surface area contributed by atoms with Crippen LogP contribution in [0.15, 0.2) is 18.2 Å². The summed E-state index contributed by atoms with van der Waals surface area (Å²) in [7, 11) is 0. The Morgan fingerprint density at radius 3 is 2.85 bits per heavy atom. The van der Waals surface area contributed by atoms with Crippen LogP contribution in [0, 0.1) is 11.3 Å². The molecule has 1 aliphatic rings. The summed E-state index contributed by atoms with van der Waals surface area (Å²) in [5, 5.41) is 9.18. The number of aromatic nitrogens is 2. The van der Waals surface area contributed by atoms with Gasteiger partial charge in [-0.3, -0.25) is 0 Å². The third-order valence-electron chi connectivity index (χ3n) is 4.48. The van der Waals surface area contributed by atoms with Gasteiger partial charge in [-0.2, -0.15) is 5.26 Å². The molecule has 3 rings (SSSR count). The average Bonchev–Trinajstić information content (AvgIpc) is 2.93. The molecule has 1 heterocycles. The number of nitrogens with one attached hydrogen (secondary N) is 1. The SMILES string of the molecule is CCC(C#N)c1ccc2nc(C3CCCCC3)[nH]c2c1. The van der Waals surface area contributed by atoms with Crippen LogP contribution in [-0.4, -0.2) is 9.97 Å². The van der Waals surface area contributed by atoms with Gasteiger partial charge in [-0.25, -0.2) is 4.98 Å². The van der Waals surface area contributed by atoms with Gasteiger partial charge < -0.3 is 4.98 Å². The number of rotatable bonds is 3. The zero-order chi connectivity index (χ0) is 13.9. The van der Waals surface area contributed by atoms with Crippen molar-refractivity contribution >= 4 is 11.0 Å². The highest BCUT2D eigenvalue weighted by atomic mass is 14.9. The van der Waals surface area contributed by atoms with Crippen LogP contribution in [0.25, 0.3) is 11.0 Å². The molecule has 1 N–H and O–H groups in total. The van der Waals surface area contributed by atoms with Crippen molar-refractivity contribution in [1.82, 2.24) is 9.97 Å². The molecule has 1 saturated carbocycles. The van der Waals surface area contributed by atoms with E-state index in [4.69, 9.17) is 4.98 Å². The Morgan fingerprint density at radius 2 is 2.15 bits per heavy atom. The number of aromatic amines is 1. The second-order valence-electron chi connectivity index (χ2n) is 5.82. The number of fused-ring (bicyclic) bond motifs is 1. The third kappa shape index (κ3) is 2.43. The molecule has 20 heavy (non-hydrogen) atoms. The molecular formula is C17H21N3. The van der Waals surface area contributed by atoms with Crippen LogP contribution in [-0.2, 0) is 0 Å². The average molecular weight is 267 g/mol. The lowest BCUT2D eigenvalue weighted by atomic mass is 9.89. The molecule has 0 bridgehead atoms.